The van der Waals surface area contributed by atoms with E-state index in [9.17, 15) is 23.1 Å². The van der Waals surface area contributed by atoms with Gasteiger partial charge in [-0.05, 0) is 61.3 Å². The predicted octanol–water partition coefficient (Wildman–Crippen LogP) is 3.34. The van der Waals surface area contributed by atoms with Gasteiger partial charge in [0.05, 0.1) is 0 Å². The van der Waals surface area contributed by atoms with Crippen LogP contribution < -0.4 is 5.32 Å². The summed E-state index contributed by atoms with van der Waals surface area (Å²) in [5.74, 6) is -0.839. The first-order valence-corrected chi connectivity index (χ1v) is 8.27. The zero-order valence-corrected chi connectivity index (χ0v) is 13.3. The number of anilines is 1. The van der Waals surface area contributed by atoms with E-state index < -0.39 is 18.2 Å². The van der Waals surface area contributed by atoms with E-state index in [4.69, 9.17) is 0 Å². The van der Waals surface area contributed by atoms with Crippen LogP contribution in [0, 0.1) is 5.92 Å². The molecule has 0 saturated carbocycles. The van der Waals surface area contributed by atoms with E-state index in [-0.39, 0.29) is 32.0 Å². The van der Waals surface area contributed by atoms with Gasteiger partial charge in [-0.3, -0.25) is 0 Å². The first-order valence-electron chi connectivity index (χ1n) is 8.27. The third-order valence-corrected chi connectivity index (χ3v) is 4.96. The van der Waals surface area contributed by atoms with E-state index in [1.165, 1.54) is 16.0 Å². The number of aliphatic hydroxyl groups is 1. The van der Waals surface area contributed by atoms with Gasteiger partial charge in [0.15, 0.2) is 6.10 Å². The van der Waals surface area contributed by atoms with Crippen LogP contribution in [0.2, 0.25) is 0 Å². The minimum Gasteiger partial charge on any atom is -0.383 e. The van der Waals surface area contributed by atoms with Crippen molar-refractivity contribution in [2.75, 3.05) is 18.4 Å². The zero-order valence-electron chi connectivity index (χ0n) is 13.3. The van der Waals surface area contributed by atoms with Crippen molar-refractivity contribution in [2.45, 2.75) is 44.4 Å². The van der Waals surface area contributed by atoms with Gasteiger partial charge < -0.3 is 15.3 Å². The van der Waals surface area contributed by atoms with Crippen molar-refractivity contribution in [2.24, 2.45) is 5.92 Å². The lowest BCUT2D eigenvalue weighted by molar-refractivity contribution is -0.222. The maximum Gasteiger partial charge on any atom is 0.414 e. The second-order valence-electron chi connectivity index (χ2n) is 6.58. The Morgan fingerprint density at radius 1 is 1.21 bits per heavy atom. The molecule has 3 rings (SSSR count). The van der Waals surface area contributed by atoms with Gasteiger partial charge >= 0.3 is 12.2 Å². The number of carbonyl (C=O) groups is 1. The number of amides is 2. The molecule has 132 valence electrons. The molecular weight excluding hydrogens is 321 g/mol. The molecule has 0 bridgehead atoms. The lowest BCUT2D eigenvalue weighted by Crippen LogP contribution is -2.46. The van der Waals surface area contributed by atoms with E-state index in [0.29, 0.717) is 0 Å². The average molecular weight is 342 g/mol. The molecular formula is C17H21F3N2O2. The molecule has 0 aromatic heterocycles. The van der Waals surface area contributed by atoms with Crippen molar-refractivity contribution in [1.82, 2.24) is 4.90 Å². The van der Waals surface area contributed by atoms with Crippen LogP contribution in [0.25, 0.3) is 0 Å². The topological polar surface area (TPSA) is 52.6 Å². The molecule has 1 saturated heterocycles. The summed E-state index contributed by atoms with van der Waals surface area (Å²) in [6, 6.07) is 5.56. The second kappa shape index (κ2) is 6.63. The van der Waals surface area contributed by atoms with Crippen LogP contribution in [0.1, 0.15) is 30.4 Å². The molecule has 4 nitrogen and oxygen atoms in total. The summed E-state index contributed by atoms with van der Waals surface area (Å²) in [6.07, 6.45) is -3.39. The van der Waals surface area contributed by atoms with Gasteiger partial charge in [0, 0.05) is 18.8 Å². The van der Waals surface area contributed by atoms with Crippen LogP contribution in [0.5, 0.6) is 0 Å². The van der Waals surface area contributed by atoms with E-state index >= 15 is 0 Å². The highest BCUT2D eigenvalue weighted by atomic mass is 19.4. The maximum absolute atomic E-state index is 12.5. The van der Waals surface area contributed by atoms with Crippen molar-refractivity contribution in [3.8, 4) is 0 Å². The number of piperidine rings is 1. The predicted molar refractivity (Wildman–Crippen MR) is 83.8 cm³/mol. The van der Waals surface area contributed by atoms with Gasteiger partial charge in [-0.1, -0.05) is 6.07 Å². The third-order valence-electron chi connectivity index (χ3n) is 4.96. The SMILES string of the molecule is O=C(Nc1ccc2c(c1)CCC2)N1CCC(C(O)C(F)(F)F)CC1. The Balaban J connectivity index is 1.54. The van der Waals surface area contributed by atoms with E-state index in [1.54, 1.807) is 0 Å². The number of benzene rings is 1. The third kappa shape index (κ3) is 3.66. The Kier molecular flexibility index (Phi) is 4.71. The number of aliphatic hydroxyl groups excluding tert-OH is 1. The van der Waals surface area contributed by atoms with Crippen LogP contribution in [-0.2, 0) is 12.8 Å². The van der Waals surface area contributed by atoms with E-state index in [2.05, 4.69) is 5.32 Å². The molecule has 2 amide bonds. The van der Waals surface area contributed by atoms with Gasteiger partial charge in [-0.15, -0.1) is 0 Å². The number of hydrogen-bond acceptors (Lipinski definition) is 2. The van der Waals surface area contributed by atoms with Crippen molar-refractivity contribution in [1.29, 1.82) is 0 Å². The maximum atomic E-state index is 12.5. The van der Waals surface area contributed by atoms with Crippen molar-refractivity contribution in [3.63, 3.8) is 0 Å². The first kappa shape index (κ1) is 17.1. The highest BCUT2D eigenvalue weighted by Gasteiger charge is 2.44. The number of nitrogens with zero attached hydrogens (tertiary/aromatic N) is 1. The normalized spacial score (nSPS) is 19.9. The molecule has 1 fully saturated rings. The van der Waals surface area contributed by atoms with E-state index in [0.717, 1.165) is 24.9 Å². The number of halogens is 3. The molecule has 2 aliphatic rings. The van der Waals surface area contributed by atoms with Gasteiger partial charge in [0.1, 0.15) is 0 Å². The Labute approximate surface area is 138 Å². The summed E-state index contributed by atoms with van der Waals surface area (Å²) in [5, 5.41) is 12.1. The Morgan fingerprint density at radius 2 is 1.88 bits per heavy atom. The van der Waals surface area contributed by atoms with Crippen molar-refractivity contribution >= 4 is 11.7 Å². The first-order chi connectivity index (χ1) is 11.3. The standard InChI is InChI=1S/C17H21F3N2O2/c18-17(19,20)15(23)12-6-8-22(9-7-12)16(24)21-14-5-4-11-2-1-3-13(11)10-14/h4-5,10,12,15,23H,1-3,6-9H2,(H,21,24). The Bertz CT molecular complexity index is 610. The summed E-state index contributed by atoms with van der Waals surface area (Å²) in [7, 11) is 0. The molecule has 2 N–H and O–H groups in total. The Hall–Kier alpha value is -1.76. The molecule has 1 aliphatic heterocycles. The fourth-order valence-electron chi connectivity index (χ4n) is 3.54. The fraction of sp³-hybridized carbons (Fsp3) is 0.588. The smallest absolute Gasteiger partial charge is 0.383 e. The summed E-state index contributed by atoms with van der Waals surface area (Å²) >= 11 is 0. The largest absolute Gasteiger partial charge is 0.414 e. The van der Waals surface area contributed by atoms with Gasteiger partial charge in [-0.25, -0.2) is 4.79 Å². The number of carbonyl (C=O) groups excluding carboxylic acids is 1. The average Bonchev–Trinajstić information content (AvgIpc) is 3.01. The summed E-state index contributed by atoms with van der Waals surface area (Å²) in [5.41, 5.74) is 3.29. The molecule has 24 heavy (non-hydrogen) atoms. The molecule has 1 heterocycles. The Morgan fingerprint density at radius 3 is 2.54 bits per heavy atom. The number of hydrogen-bond donors (Lipinski definition) is 2. The summed E-state index contributed by atoms with van der Waals surface area (Å²) in [6.45, 7) is 0.434. The second-order valence-corrected chi connectivity index (χ2v) is 6.58. The van der Waals surface area contributed by atoms with Crippen LogP contribution in [0.4, 0.5) is 23.7 Å². The molecule has 1 unspecified atom stereocenters. The minimum absolute atomic E-state index is 0.151. The van der Waals surface area contributed by atoms with Crippen LogP contribution >= 0.6 is 0 Å². The number of urea groups is 1. The number of rotatable bonds is 2. The summed E-state index contributed by atoms with van der Waals surface area (Å²) < 4.78 is 37.6. The van der Waals surface area contributed by atoms with Crippen molar-refractivity contribution in [3.05, 3.63) is 29.3 Å². The van der Waals surface area contributed by atoms with Gasteiger partial charge in [-0.2, -0.15) is 13.2 Å². The molecule has 1 aromatic carbocycles. The molecule has 1 aromatic rings. The van der Waals surface area contributed by atoms with Crippen molar-refractivity contribution < 1.29 is 23.1 Å². The van der Waals surface area contributed by atoms with E-state index in [1.807, 2.05) is 18.2 Å². The molecule has 0 spiro atoms. The zero-order chi connectivity index (χ0) is 17.3. The monoisotopic (exact) mass is 342 g/mol. The quantitative estimate of drug-likeness (QED) is 0.866. The summed E-state index contributed by atoms with van der Waals surface area (Å²) in [4.78, 5) is 13.8. The molecule has 1 atom stereocenters. The van der Waals surface area contributed by atoms with Crippen LogP contribution in [0.15, 0.2) is 18.2 Å². The lowest BCUT2D eigenvalue weighted by Gasteiger charge is -2.34. The van der Waals surface area contributed by atoms with Crippen LogP contribution in [0.3, 0.4) is 0 Å². The molecule has 0 radical (unpaired) electrons. The number of aryl methyl sites for hydroxylation is 2. The highest BCUT2D eigenvalue weighted by molar-refractivity contribution is 5.89. The number of nitrogens with one attached hydrogen (secondary N) is 1. The fourth-order valence-corrected chi connectivity index (χ4v) is 3.54. The lowest BCUT2D eigenvalue weighted by atomic mass is 9.91. The molecule has 7 heteroatoms. The number of alkyl halides is 3. The number of fused-ring (bicyclic) bond motifs is 1. The highest BCUT2D eigenvalue weighted by Crippen LogP contribution is 2.32. The van der Waals surface area contributed by atoms with Gasteiger partial charge in [0.25, 0.3) is 0 Å². The number of likely N-dealkylation sites (tertiary alicyclic amines) is 1. The molecule has 1 aliphatic carbocycles. The minimum atomic E-state index is -4.60. The van der Waals surface area contributed by atoms with Gasteiger partial charge in [0.2, 0.25) is 0 Å². The van der Waals surface area contributed by atoms with Crippen LogP contribution in [-0.4, -0.2) is 41.4 Å².